The van der Waals surface area contributed by atoms with Gasteiger partial charge in [0.25, 0.3) is 0 Å². The predicted molar refractivity (Wildman–Crippen MR) is 130 cm³/mol. The van der Waals surface area contributed by atoms with Crippen molar-refractivity contribution in [1.82, 2.24) is 9.47 Å². The molecule has 1 aliphatic heterocycles. The molecule has 0 aliphatic carbocycles. The van der Waals surface area contributed by atoms with Crippen LogP contribution in [0.2, 0.25) is 0 Å². The predicted octanol–water partition coefficient (Wildman–Crippen LogP) is 5.32. The molecule has 3 aromatic rings. The van der Waals surface area contributed by atoms with Crippen molar-refractivity contribution in [3.8, 4) is 17.6 Å². The molecule has 1 aromatic heterocycles. The Kier molecular flexibility index (Phi) is 7.41. The number of methoxy groups -OCH3 is 1. The van der Waals surface area contributed by atoms with Crippen molar-refractivity contribution in [3.63, 3.8) is 0 Å². The lowest BCUT2D eigenvalue weighted by atomic mass is 10.0. The smallest absolute Gasteiger partial charge is 0.406 e. The maximum absolute atomic E-state index is 14.1. The number of likely N-dealkylation sites (tertiary alicyclic amines) is 1. The van der Waals surface area contributed by atoms with E-state index >= 15 is 0 Å². The third kappa shape index (κ3) is 6.01. The molecule has 186 valence electrons. The molecule has 0 amide bonds. The van der Waals surface area contributed by atoms with E-state index in [2.05, 4.69) is 34.4 Å². The molecule has 1 fully saturated rings. The molecule has 1 aliphatic rings. The van der Waals surface area contributed by atoms with Crippen LogP contribution in [0.1, 0.15) is 18.5 Å². The number of rotatable bonds is 6. The van der Waals surface area contributed by atoms with E-state index in [9.17, 15) is 17.6 Å². The first kappa shape index (κ1) is 24.7. The Balaban J connectivity index is 1.61. The zero-order valence-corrected chi connectivity index (χ0v) is 19.7. The van der Waals surface area contributed by atoms with E-state index in [1.165, 1.54) is 23.8 Å². The fraction of sp³-hybridized carbons (Fsp3) is 0.385. The highest BCUT2D eigenvalue weighted by atomic mass is 19.4. The number of hydrogen-bond donors (Lipinski definition) is 2. The summed E-state index contributed by atoms with van der Waals surface area (Å²) in [5, 5.41) is 7.07. The molecule has 0 saturated carbocycles. The lowest BCUT2D eigenvalue weighted by molar-refractivity contribution is -0.140. The second-order valence-corrected chi connectivity index (χ2v) is 8.66. The molecule has 4 rings (SSSR count). The summed E-state index contributed by atoms with van der Waals surface area (Å²) in [5.74, 6) is 5.49. The molecule has 9 heteroatoms. The Morgan fingerprint density at radius 3 is 2.57 bits per heavy atom. The van der Waals surface area contributed by atoms with E-state index in [0.29, 0.717) is 16.7 Å². The first-order valence-electron chi connectivity index (χ1n) is 11.4. The number of halogens is 4. The summed E-state index contributed by atoms with van der Waals surface area (Å²) in [6.45, 7) is 0.830. The number of anilines is 2. The first-order valence-corrected chi connectivity index (χ1v) is 11.4. The summed E-state index contributed by atoms with van der Waals surface area (Å²) in [7, 11) is 3.51. The molecule has 0 bridgehead atoms. The number of benzene rings is 2. The molecule has 0 atom stereocenters. The van der Waals surface area contributed by atoms with Gasteiger partial charge >= 0.3 is 6.18 Å². The normalized spacial score (nSPS) is 15.0. The van der Waals surface area contributed by atoms with Crippen molar-refractivity contribution in [2.75, 3.05) is 44.4 Å². The van der Waals surface area contributed by atoms with Crippen molar-refractivity contribution in [3.05, 3.63) is 54.0 Å². The van der Waals surface area contributed by atoms with Gasteiger partial charge in [0.1, 0.15) is 23.8 Å². The Morgan fingerprint density at radius 2 is 1.86 bits per heavy atom. The summed E-state index contributed by atoms with van der Waals surface area (Å²) >= 11 is 0. The molecular weight excluding hydrogens is 460 g/mol. The molecule has 0 spiro atoms. The Morgan fingerprint density at radius 1 is 1.11 bits per heavy atom. The van der Waals surface area contributed by atoms with Crippen LogP contribution < -0.4 is 15.4 Å². The minimum atomic E-state index is -4.40. The van der Waals surface area contributed by atoms with Gasteiger partial charge in [0.15, 0.2) is 0 Å². The van der Waals surface area contributed by atoms with Gasteiger partial charge in [-0.05, 0) is 69.2 Å². The second-order valence-electron chi connectivity index (χ2n) is 8.66. The van der Waals surface area contributed by atoms with E-state index in [1.54, 1.807) is 24.3 Å². The van der Waals surface area contributed by atoms with Gasteiger partial charge in [-0.15, -0.1) is 0 Å². The molecule has 1 saturated heterocycles. The number of para-hydroxylation sites is 1. The fourth-order valence-corrected chi connectivity index (χ4v) is 4.35. The fourth-order valence-electron chi connectivity index (χ4n) is 4.35. The zero-order valence-electron chi connectivity index (χ0n) is 19.7. The van der Waals surface area contributed by atoms with Crippen molar-refractivity contribution < 1.29 is 22.3 Å². The van der Waals surface area contributed by atoms with Crippen LogP contribution >= 0.6 is 0 Å². The van der Waals surface area contributed by atoms with Crippen molar-refractivity contribution in [2.45, 2.75) is 31.6 Å². The maximum Gasteiger partial charge on any atom is 0.406 e. The van der Waals surface area contributed by atoms with Crippen LogP contribution in [0.15, 0.2) is 42.5 Å². The lowest BCUT2D eigenvalue weighted by Gasteiger charge is -2.30. The average molecular weight is 489 g/mol. The number of ether oxygens (including phenoxy) is 1. The van der Waals surface area contributed by atoms with Gasteiger partial charge in [0.2, 0.25) is 0 Å². The number of fused-ring (bicyclic) bond motifs is 1. The monoisotopic (exact) mass is 488 g/mol. The van der Waals surface area contributed by atoms with Gasteiger partial charge in [-0.3, -0.25) is 0 Å². The van der Waals surface area contributed by atoms with Crippen molar-refractivity contribution in [1.29, 1.82) is 0 Å². The summed E-state index contributed by atoms with van der Waals surface area (Å²) in [5.41, 5.74) is 1.67. The summed E-state index contributed by atoms with van der Waals surface area (Å²) in [4.78, 5) is 2.26. The topological polar surface area (TPSA) is 41.5 Å². The molecule has 2 heterocycles. The van der Waals surface area contributed by atoms with Gasteiger partial charge in [-0.1, -0.05) is 18.1 Å². The Hall–Kier alpha value is -3.38. The van der Waals surface area contributed by atoms with Crippen LogP contribution in [0.4, 0.5) is 28.9 Å². The summed E-state index contributed by atoms with van der Waals surface area (Å²) in [6.07, 6.45) is -2.47. The summed E-state index contributed by atoms with van der Waals surface area (Å²) in [6, 6.07) is 11.7. The number of nitrogens with zero attached hydrogens (tertiary/aromatic N) is 2. The van der Waals surface area contributed by atoms with Gasteiger partial charge < -0.3 is 24.8 Å². The number of nitrogens with one attached hydrogen (secondary N) is 2. The van der Waals surface area contributed by atoms with Gasteiger partial charge in [-0.25, -0.2) is 4.39 Å². The van der Waals surface area contributed by atoms with Crippen LogP contribution in [-0.4, -0.2) is 55.5 Å². The zero-order chi connectivity index (χ0) is 25.0. The Bertz CT molecular complexity index is 1230. The highest BCUT2D eigenvalue weighted by molar-refractivity contribution is 5.94. The number of alkyl halides is 3. The molecule has 5 nitrogen and oxygen atoms in total. The largest absolute Gasteiger partial charge is 0.494 e. The minimum absolute atomic E-state index is 0.0333. The highest BCUT2D eigenvalue weighted by Gasteiger charge is 2.30. The van der Waals surface area contributed by atoms with E-state index in [-0.39, 0.29) is 24.0 Å². The minimum Gasteiger partial charge on any atom is -0.494 e. The summed E-state index contributed by atoms with van der Waals surface area (Å²) < 4.78 is 60.7. The number of aromatic nitrogens is 1. The molecule has 0 unspecified atom stereocenters. The highest BCUT2D eigenvalue weighted by Crippen LogP contribution is 2.31. The molecule has 0 radical (unpaired) electrons. The van der Waals surface area contributed by atoms with E-state index in [0.717, 1.165) is 31.6 Å². The van der Waals surface area contributed by atoms with Crippen LogP contribution in [0, 0.1) is 17.7 Å². The van der Waals surface area contributed by atoms with E-state index in [4.69, 9.17) is 4.74 Å². The third-order valence-electron chi connectivity index (χ3n) is 6.13. The van der Waals surface area contributed by atoms with Gasteiger partial charge in [0.05, 0.1) is 24.9 Å². The number of piperidine rings is 1. The average Bonchev–Trinajstić information content (AvgIpc) is 3.15. The van der Waals surface area contributed by atoms with Crippen LogP contribution in [-0.2, 0) is 6.54 Å². The maximum atomic E-state index is 14.1. The molecule has 2 N–H and O–H groups in total. The van der Waals surface area contributed by atoms with Crippen LogP contribution in [0.5, 0.6) is 5.75 Å². The molecule has 2 aromatic carbocycles. The van der Waals surface area contributed by atoms with Gasteiger partial charge in [0, 0.05) is 17.1 Å². The van der Waals surface area contributed by atoms with Crippen LogP contribution in [0.25, 0.3) is 10.9 Å². The van der Waals surface area contributed by atoms with E-state index < -0.39 is 18.5 Å². The SMILES string of the molecule is COc1cccc(F)c1NCC#Cc1cc2c(NC3CCN(C)CC3)cccc2n1CC(F)(F)F. The Labute approximate surface area is 202 Å². The molecular formula is C26H28F4N4O. The van der Waals surface area contributed by atoms with Gasteiger partial charge in [-0.2, -0.15) is 13.2 Å². The first-order chi connectivity index (χ1) is 16.7. The molecule has 35 heavy (non-hydrogen) atoms. The van der Waals surface area contributed by atoms with Crippen LogP contribution in [0.3, 0.4) is 0 Å². The van der Waals surface area contributed by atoms with E-state index in [1.807, 2.05) is 6.07 Å². The third-order valence-corrected chi connectivity index (χ3v) is 6.13. The van der Waals surface area contributed by atoms with Crippen molar-refractivity contribution >= 4 is 22.3 Å². The number of hydrogen-bond acceptors (Lipinski definition) is 4. The van der Waals surface area contributed by atoms with Crippen molar-refractivity contribution in [2.24, 2.45) is 0 Å². The lowest BCUT2D eigenvalue weighted by Crippen LogP contribution is -2.36. The second kappa shape index (κ2) is 10.5. The standard InChI is InChI=1S/C26H28F4N4O/c1-33-14-11-18(12-15-33)32-22-8-4-9-23-20(22)16-19(34(23)17-26(28,29)30)6-5-13-31-25-21(27)7-3-10-24(25)35-2/h3-4,7-10,16,18,31-32H,11-15,17H2,1-2H3. The quantitative estimate of drug-likeness (QED) is 0.364.